The molecule has 29 heavy (non-hydrogen) atoms. The molecule has 0 saturated heterocycles. The number of fused-ring (bicyclic) bond motifs is 1. The molecule has 0 spiro atoms. The Hall–Kier alpha value is -3.86. The van der Waals surface area contributed by atoms with Gasteiger partial charge in [0.1, 0.15) is 5.82 Å². The van der Waals surface area contributed by atoms with Gasteiger partial charge in [-0.15, -0.1) is 0 Å². The lowest BCUT2D eigenvalue weighted by Crippen LogP contribution is -2.21. The van der Waals surface area contributed by atoms with Gasteiger partial charge in [-0.3, -0.25) is 9.78 Å². The summed E-state index contributed by atoms with van der Waals surface area (Å²) in [4.78, 5) is 20.8. The van der Waals surface area contributed by atoms with Crippen molar-refractivity contribution in [2.45, 2.75) is 6.54 Å². The van der Waals surface area contributed by atoms with Crippen molar-refractivity contribution in [3.8, 4) is 11.1 Å². The summed E-state index contributed by atoms with van der Waals surface area (Å²) < 4.78 is 16.4. The van der Waals surface area contributed by atoms with Gasteiger partial charge in [-0.05, 0) is 35.9 Å². The lowest BCUT2D eigenvalue weighted by atomic mass is 10.0. The highest BCUT2D eigenvalue weighted by Crippen LogP contribution is 2.25. The molecule has 0 aliphatic carbocycles. The molecule has 5 heteroatoms. The maximum Gasteiger partial charge on any atom is 0.269 e. The van der Waals surface area contributed by atoms with Crippen molar-refractivity contribution in [3.63, 3.8) is 0 Å². The molecule has 2 aromatic heterocycles. The fourth-order valence-corrected chi connectivity index (χ4v) is 3.29. The minimum Gasteiger partial charge on any atom is -0.301 e. The number of hydrogen-bond donors (Lipinski definition) is 0. The summed E-state index contributed by atoms with van der Waals surface area (Å²) in [7, 11) is 0. The second kappa shape index (κ2) is 7.64. The molecular formula is C24H18FN3O. The van der Waals surface area contributed by atoms with Gasteiger partial charge in [-0.2, -0.15) is 0 Å². The number of benzene rings is 2. The lowest BCUT2D eigenvalue weighted by molar-refractivity contribution is 0.599. The van der Waals surface area contributed by atoms with Gasteiger partial charge in [0.2, 0.25) is 0 Å². The van der Waals surface area contributed by atoms with Crippen molar-refractivity contribution in [3.05, 3.63) is 107 Å². The van der Waals surface area contributed by atoms with Crippen LogP contribution in [0.4, 0.5) is 4.39 Å². The van der Waals surface area contributed by atoms with E-state index in [0.717, 1.165) is 16.8 Å². The number of pyridine rings is 1. The third-order valence-electron chi connectivity index (χ3n) is 4.83. The van der Waals surface area contributed by atoms with Gasteiger partial charge in [0.05, 0.1) is 29.5 Å². The fourth-order valence-electron chi connectivity index (χ4n) is 3.29. The average Bonchev–Trinajstić information content (AvgIpc) is 2.76. The molecule has 0 aliphatic heterocycles. The molecule has 0 fully saturated rings. The minimum absolute atomic E-state index is 0.125. The number of halogens is 1. The first-order valence-electron chi connectivity index (χ1n) is 9.09. The highest BCUT2D eigenvalue weighted by molar-refractivity contribution is 5.74. The van der Waals surface area contributed by atoms with Crippen LogP contribution < -0.4 is 5.56 Å². The molecule has 0 amide bonds. The number of aromatic nitrogens is 3. The maximum atomic E-state index is 14.9. The summed E-state index contributed by atoms with van der Waals surface area (Å²) in [6.45, 7) is 7.64. The molecule has 0 aliphatic rings. The third kappa shape index (κ3) is 3.50. The third-order valence-corrected chi connectivity index (χ3v) is 4.83. The highest BCUT2D eigenvalue weighted by Gasteiger charge is 2.10. The molecular weight excluding hydrogens is 365 g/mol. The molecule has 0 radical (unpaired) electrons. The Balaban J connectivity index is 1.72. The van der Waals surface area contributed by atoms with Crippen LogP contribution in [0.25, 0.3) is 34.3 Å². The largest absolute Gasteiger partial charge is 0.301 e. The normalized spacial score (nSPS) is 10.8. The molecule has 0 saturated carbocycles. The Bertz CT molecular complexity index is 1310. The standard InChI is InChI=1S/C24H18FN3O/c1-3-16-11-19(13-26-21(16)4-2)17-9-10-18(20(25)12-17)15-28-23-8-6-5-7-22(23)27-14-24(28)29/h3-14H,1-2,15H2. The zero-order valence-electron chi connectivity index (χ0n) is 15.7. The molecule has 4 rings (SSSR count). The molecule has 2 aromatic carbocycles. The summed E-state index contributed by atoms with van der Waals surface area (Å²) in [5.74, 6) is -0.386. The summed E-state index contributed by atoms with van der Waals surface area (Å²) in [6.07, 6.45) is 6.29. The van der Waals surface area contributed by atoms with Gasteiger partial charge in [0.15, 0.2) is 0 Å². The van der Waals surface area contributed by atoms with E-state index in [2.05, 4.69) is 23.1 Å². The second-order valence-electron chi connectivity index (χ2n) is 6.58. The molecule has 0 N–H and O–H groups in total. The van der Waals surface area contributed by atoms with E-state index in [4.69, 9.17) is 0 Å². The number of rotatable bonds is 5. The number of nitrogens with zero attached hydrogens (tertiary/aromatic N) is 3. The number of para-hydroxylation sites is 2. The van der Waals surface area contributed by atoms with E-state index in [9.17, 15) is 9.18 Å². The molecule has 142 valence electrons. The van der Waals surface area contributed by atoms with E-state index in [0.29, 0.717) is 22.2 Å². The lowest BCUT2D eigenvalue weighted by Gasteiger charge is -2.12. The molecule has 4 aromatic rings. The first-order chi connectivity index (χ1) is 14.1. The molecule has 0 atom stereocenters. The van der Waals surface area contributed by atoms with E-state index < -0.39 is 0 Å². The fraction of sp³-hybridized carbons (Fsp3) is 0.0417. The van der Waals surface area contributed by atoms with Gasteiger partial charge in [0.25, 0.3) is 5.56 Å². The van der Waals surface area contributed by atoms with Crippen molar-refractivity contribution in [2.75, 3.05) is 0 Å². The Kier molecular flexibility index (Phi) is 4.87. The molecule has 0 unspecified atom stereocenters. The number of hydrogen-bond acceptors (Lipinski definition) is 3. The van der Waals surface area contributed by atoms with Crippen LogP contribution in [0.3, 0.4) is 0 Å². The Morgan fingerprint density at radius 2 is 1.79 bits per heavy atom. The summed E-state index contributed by atoms with van der Waals surface area (Å²) >= 11 is 0. The Labute approximate surface area is 167 Å². The zero-order valence-corrected chi connectivity index (χ0v) is 15.7. The van der Waals surface area contributed by atoms with Crippen LogP contribution in [0, 0.1) is 5.82 Å². The van der Waals surface area contributed by atoms with Crippen LogP contribution in [0.5, 0.6) is 0 Å². The summed E-state index contributed by atoms with van der Waals surface area (Å²) in [5.41, 5.74) is 4.55. The second-order valence-corrected chi connectivity index (χ2v) is 6.58. The minimum atomic E-state index is -0.386. The average molecular weight is 383 g/mol. The quantitative estimate of drug-likeness (QED) is 0.491. The maximum absolute atomic E-state index is 14.9. The smallest absolute Gasteiger partial charge is 0.269 e. The van der Waals surface area contributed by atoms with Crippen LogP contribution >= 0.6 is 0 Å². The van der Waals surface area contributed by atoms with Crippen molar-refractivity contribution in [1.82, 2.24) is 14.5 Å². The predicted octanol–water partition coefficient (Wildman–Crippen LogP) is 4.93. The zero-order chi connectivity index (χ0) is 20.4. The van der Waals surface area contributed by atoms with Gasteiger partial charge in [-0.25, -0.2) is 9.37 Å². The topological polar surface area (TPSA) is 47.8 Å². The van der Waals surface area contributed by atoms with Crippen LogP contribution in [0.1, 0.15) is 16.8 Å². The van der Waals surface area contributed by atoms with Gasteiger partial charge < -0.3 is 4.57 Å². The van der Waals surface area contributed by atoms with Crippen molar-refractivity contribution in [2.24, 2.45) is 0 Å². The highest BCUT2D eigenvalue weighted by atomic mass is 19.1. The van der Waals surface area contributed by atoms with Crippen LogP contribution in [0.2, 0.25) is 0 Å². The Morgan fingerprint density at radius 1 is 0.966 bits per heavy atom. The van der Waals surface area contributed by atoms with Gasteiger partial charge in [0, 0.05) is 22.9 Å². The van der Waals surface area contributed by atoms with E-state index >= 15 is 0 Å². The van der Waals surface area contributed by atoms with Crippen molar-refractivity contribution >= 4 is 23.2 Å². The Morgan fingerprint density at radius 3 is 2.55 bits per heavy atom. The van der Waals surface area contributed by atoms with E-state index in [-0.39, 0.29) is 17.9 Å². The first-order valence-corrected chi connectivity index (χ1v) is 9.09. The predicted molar refractivity (Wildman–Crippen MR) is 115 cm³/mol. The van der Waals surface area contributed by atoms with Crippen LogP contribution in [0.15, 0.2) is 78.9 Å². The van der Waals surface area contributed by atoms with E-state index in [1.165, 1.54) is 16.8 Å². The van der Waals surface area contributed by atoms with E-state index in [1.54, 1.807) is 30.5 Å². The monoisotopic (exact) mass is 383 g/mol. The SMILES string of the molecule is C=Cc1cc(-c2ccc(Cn3c(=O)cnc4ccccc43)c(F)c2)cnc1C=C. The van der Waals surface area contributed by atoms with E-state index in [1.807, 2.05) is 30.3 Å². The molecule has 2 heterocycles. The first kappa shape index (κ1) is 18.5. The van der Waals surface area contributed by atoms with Crippen molar-refractivity contribution in [1.29, 1.82) is 0 Å². The van der Waals surface area contributed by atoms with Crippen LogP contribution in [-0.4, -0.2) is 14.5 Å². The van der Waals surface area contributed by atoms with Gasteiger partial charge >= 0.3 is 0 Å². The summed E-state index contributed by atoms with van der Waals surface area (Å²) in [5, 5.41) is 0. The van der Waals surface area contributed by atoms with Crippen LogP contribution in [-0.2, 0) is 6.54 Å². The molecule has 0 bridgehead atoms. The summed E-state index contributed by atoms with van der Waals surface area (Å²) in [6, 6.07) is 14.2. The van der Waals surface area contributed by atoms with Gasteiger partial charge in [-0.1, -0.05) is 43.5 Å². The molecule has 4 nitrogen and oxygen atoms in total. The van der Waals surface area contributed by atoms with Crippen molar-refractivity contribution < 1.29 is 4.39 Å².